The molecule has 1 heterocycles. The number of hydrogen-bond donors (Lipinski definition) is 1. The van der Waals surface area contributed by atoms with Crippen molar-refractivity contribution in [2.75, 3.05) is 0 Å². The lowest BCUT2D eigenvalue weighted by atomic mass is 10.2. The summed E-state index contributed by atoms with van der Waals surface area (Å²) in [7, 11) is 0. The van der Waals surface area contributed by atoms with Crippen LogP contribution in [0, 0.1) is 5.41 Å². The highest BCUT2D eigenvalue weighted by Crippen LogP contribution is 2.44. The van der Waals surface area contributed by atoms with Gasteiger partial charge in [0.2, 0.25) is 0 Å². The number of hydrogen-bond acceptors (Lipinski definition) is 2. The van der Waals surface area contributed by atoms with E-state index in [2.05, 4.69) is 40.1 Å². The molecule has 76 valence electrons. The summed E-state index contributed by atoms with van der Waals surface area (Å²) in [6.07, 6.45) is 3.11. The molecule has 1 unspecified atom stereocenters. The van der Waals surface area contributed by atoms with Crippen LogP contribution in [0.25, 0.3) is 0 Å². The lowest BCUT2D eigenvalue weighted by molar-refractivity contribution is 0.538. The summed E-state index contributed by atoms with van der Waals surface area (Å²) in [5.74, 6) is 0. The molecule has 0 radical (unpaired) electrons. The summed E-state index contributed by atoms with van der Waals surface area (Å²) in [6, 6.07) is 4.63. The predicted octanol–water partition coefficient (Wildman–Crippen LogP) is 2.73. The zero-order valence-electron chi connectivity index (χ0n) is 8.55. The Morgan fingerprint density at radius 2 is 2.36 bits per heavy atom. The van der Waals surface area contributed by atoms with Crippen molar-refractivity contribution in [1.82, 2.24) is 10.3 Å². The molecule has 1 aliphatic carbocycles. The summed E-state index contributed by atoms with van der Waals surface area (Å²) in [5.41, 5.74) is 1.58. The maximum Gasteiger partial charge on any atom is 0.0683 e. The first-order chi connectivity index (χ1) is 6.59. The van der Waals surface area contributed by atoms with Gasteiger partial charge in [0, 0.05) is 23.3 Å². The van der Waals surface area contributed by atoms with Gasteiger partial charge in [-0.1, -0.05) is 13.8 Å². The fourth-order valence-electron chi connectivity index (χ4n) is 1.58. The third kappa shape index (κ3) is 2.15. The van der Waals surface area contributed by atoms with E-state index in [4.69, 9.17) is 0 Å². The Morgan fingerprint density at radius 3 is 2.93 bits per heavy atom. The third-order valence-electron chi connectivity index (χ3n) is 2.86. The summed E-state index contributed by atoms with van der Waals surface area (Å²) in [6.45, 7) is 5.44. The maximum atomic E-state index is 4.32. The quantitative estimate of drug-likeness (QED) is 0.898. The molecule has 1 saturated carbocycles. The molecule has 0 aliphatic heterocycles. The zero-order valence-corrected chi connectivity index (χ0v) is 10.1. The second kappa shape index (κ2) is 3.63. The molecule has 0 spiro atoms. The summed E-state index contributed by atoms with van der Waals surface area (Å²) < 4.78 is 1.09. The Morgan fingerprint density at radius 1 is 1.64 bits per heavy atom. The molecule has 0 bridgehead atoms. The molecule has 1 atom stereocenters. The normalized spacial score (nSPS) is 23.5. The van der Waals surface area contributed by atoms with Crippen LogP contribution >= 0.6 is 15.9 Å². The largest absolute Gasteiger partial charge is 0.308 e. The summed E-state index contributed by atoms with van der Waals surface area (Å²) >= 11 is 3.49. The highest BCUT2D eigenvalue weighted by atomic mass is 79.9. The minimum atomic E-state index is 0.487. The molecule has 0 amide bonds. The van der Waals surface area contributed by atoms with Crippen molar-refractivity contribution >= 4 is 15.9 Å². The van der Waals surface area contributed by atoms with Crippen LogP contribution < -0.4 is 5.32 Å². The van der Waals surface area contributed by atoms with Gasteiger partial charge in [-0.2, -0.15) is 0 Å². The second-order valence-corrected chi connectivity index (χ2v) is 5.41. The number of rotatable bonds is 3. The van der Waals surface area contributed by atoms with E-state index < -0.39 is 0 Å². The summed E-state index contributed by atoms with van der Waals surface area (Å²) in [4.78, 5) is 4.32. The molecule has 1 N–H and O–H groups in total. The first-order valence-corrected chi connectivity index (χ1v) is 5.72. The van der Waals surface area contributed by atoms with Gasteiger partial charge in [-0.05, 0) is 39.9 Å². The van der Waals surface area contributed by atoms with Crippen LogP contribution in [-0.4, -0.2) is 11.0 Å². The van der Waals surface area contributed by atoms with Gasteiger partial charge in [-0.3, -0.25) is 4.98 Å². The van der Waals surface area contributed by atoms with E-state index in [1.165, 1.54) is 6.42 Å². The summed E-state index contributed by atoms with van der Waals surface area (Å²) in [5, 5.41) is 3.51. The molecule has 2 nitrogen and oxygen atoms in total. The number of halogens is 1. The highest BCUT2D eigenvalue weighted by Gasteiger charge is 2.45. The van der Waals surface area contributed by atoms with Crippen LogP contribution in [0.1, 0.15) is 26.0 Å². The van der Waals surface area contributed by atoms with E-state index in [1.807, 2.05) is 18.3 Å². The van der Waals surface area contributed by atoms with Gasteiger partial charge in [0.15, 0.2) is 0 Å². The average Bonchev–Trinajstić information content (AvgIpc) is 2.73. The highest BCUT2D eigenvalue weighted by molar-refractivity contribution is 9.10. The zero-order chi connectivity index (χ0) is 10.2. The number of nitrogens with zero attached hydrogens (tertiary/aromatic N) is 1. The van der Waals surface area contributed by atoms with Gasteiger partial charge in [0.05, 0.1) is 5.69 Å². The van der Waals surface area contributed by atoms with Crippen LogP contribution in [0.2, 0.25) is 0 Å². The van der Waals surface area contributed by atoms with Gasteiger partial charge in [0.1, 0.15) is 0 Å². The molecule has 0 aromatic carbocycles. The second-order valence-electron chi connectivity index (χ2n) is 4.56. The Kier molecular flexibility index (Phi) is 2.62. The monoisotopic (exact) mass is 254 g/mol. The van der Waals surface area contributed by atoms with Crippen molar-refractivity contribution in [1.29, 1.82) is 0 Å². The van der Waals surface area contributed by atoms with Crippen molar-refractivity contribution in [3.8, 4) is 0 Å². The molecule has 3 heteroatoms. The van der Waals surface area contributed by atoms with E-state index >= 15 is 0 Å². The van der Waals surface area contributed by atoms with Crippen LogP contribution in [0.4, 0.5) is 0 Å². The van der Waals surface area contributed by atoms with Crippen molar-refractivity contribution in [3.63, 3.8) is 0 Å². The van der Waals surface area contributed by atoms with Crippen molar-refractivity contribution in [2.45, 2.75) is 32.9 Å². The molecule has 1 fully saturated rings. The lowest BCUT2D eigenvalue weighted by Gasteiger charge is -2.07. The molecule has 1 aromatic heterocycles. The molecular formula is C11H15BrN2. The number of aromatic nitrogens is 1. The number of pyridine rings is 1. The van der Waals surface area contributed by atoms with E-state index in [1.54, 1.807) is 0 Å². The topological polar surface area (TPSA) is 24.9 Å². The smallest absolute Gasteiger partial charge is 0.0683 e. The van der Waals surface area contributed by atoms with Gasteiger partial charge in [-0.15, -0.1) is 0 Å². The molecule has 1 aromatic rings. The SMILES string of the molecule is CC1(C)CC1NCc1ncccc1Br. The third-order valence-corrected chi connectivity index (χ3v) is 3.59. The molecule has 1 aliphatic rings. The van der Waals surface area contributed by atoms with E-state index in [0.29, 0.717) is 11.5 Å². The van der Waals surface area contributed by atoms with Gasteiger partial charge in [0.25, 0.3) is 0 Å². The van der Waals surface area contributed by atoms with E-state index in [0.717, 1.165) is 16.7 Å². The van der Waals surface area contributed by atoms with Gasteiger partial charge >= 0.3 is 0 Å². The molecular weight excluding hydrogens is 240 g/mol. The standard InChI is InChI=1S/C11H15BrN2/c1-11(2)6-10(11)14-7-9-8(12)4-3-5-13-9/h3-5,10,14H,6-7H2,1-2H3. The first kappa shape index (κ1) is 10.1. The van der Waals surface area contributed by atoms with Crippen LogP contribution in [0.5, 0.6) is 0 Å². The fraction of sp³-hybridized carbons (Fsp3) is 0.545. The van der Waals surface area contributed by atoms with E-state index in [9.17, 15) is 0 Å². The number of nitrogens with one attached hydrogen (secondary N) is 1. The Hall–Kier alpha value is -0.410. The Labute approximate surface area is 93.3 Å². The van der Waals surface area contributed by atoms with Crippen molar-refractivity contribution in [2.24, 2.45) is 5.41 Å². The van der Waals surface area contributed by atoms with Crippen molar-refractivity contribution in [3.05, 3.63) is 28.5 Å². The van der Waals surface area contributed by atoms with E-state index in [-0.39, 0.29) is 0 Å². The Balaban J connectivity index is 1.90. The van der Waals surface area contributed by atoms with Crippen LogP contribution in [0.15, 0.2) is 22.8 Å². The lowest BCUT2D eigenvalue weighted by Crippen LogP contribution is -2.20. The van der Waals surface area contributed by atoms with Gasteiger partial charge in [-0.25, -0.2) is 0 Å². The minimum absolute atomic E-state index is 0.487. The van der Waals surface area contributed by atoms with Crippen LogP contribution in [-0.2, 0) is 6.54 Å². The fourth-order valence-corrected chi connectivity index (χ4v) is 1.98. The minimum Gasteiger partial charge on any atom is -0.308 e. The molecule has 14 heavy (non-hydrogen) atoms. The van der Waals surface area contributed by atoms with Crippen molar-refractivity contribution < 1.29 is 0 Å². The van der Waals surface area contributed by atoms with Crippen LogP contribution in [0.3, 0.4) is 0 Å². The molecule has 2 rings (SSSR count). The average molecular weight is 255 g/mol. The van der Waals surface area contributed by atoms with Gasteiger partial charge < -0.3 is 5.32 Å². The maximum absolute atomic E-state index is 4.32. The predicted molar refractivity (Wildman–Crippen MR) is 61.0 cm³/mol. The molecule has 0 saturated heterocycles. The Bertz CT molecular complexity index is 336. The first-order valence-electron chi connectivity index (χ1n) is 4.92.